The lowest BCUT2D eigenvalue weighted by molar-refractivity contribution is -0.183. The van der Waals surface area contributed by atoms with Crippen molar-refractivity contribution < 1.29 is 34.8 Å². The van der Waals surface area contributed by atoms with Gasteiger partial charge in [-0.3, -0.25) is 14.4 Å². The second kappa shape index (κ2) is 8.72. The number of likely N-dealkylation sites (N-methyl/N-ethyl adjacent to an activating group) is 1. The van der Waals surface area contributed by atoms with Gasteiger partial charge in [0.2, 0.25) is 11.7 Å². The van der Waals surface area contributed by atoms with E-state index >= 15 is 0 Å². The number of fused-ring (bicyclic) bond motifs is 4. The molecule has 1 radical (unpaired) electrons. The van der Waals surface area contributed by atoms with Gasteiger partial charge in [-0.2, -0.15) is 0 Å². The molecule has 2 fully saturated rings. The predicted molar refractivity (Wildman–Crippen MR) is 145 cm³/mol. The zero-order valence-corrected chi connectivity index (χ0v) is 22.0. The maximum absolute atomic E-state index is 13.9. The third-order valence-electron chi connectivity index (χ3n) is 8.44. The Morgan fingerprint density at radius 1 is 1.13 bits per heavy atom. The summed E-state index contributed by atoms with van der Waals surface area (Å²) in [4.78, 5) is 42.0. The molecule has 2 aromatic carbocycles. The lowest BCUT2D eigenvalue weighted by Crippen LogP contribution is -2.73. The number of rotatable bonds is 3. The minimum absolute atomic E-state index is 0.0275. The number of primary amides is 1. The standard InChI is InChI=1S/C29H27N2O7S/c1-31(2)23-16-10-13-9-15-14(19-11-12-5-3-4-6-18(12)39-19)7-8-17(32)21(15)24(33)20(13)26(35)29(16,38)27(36)22(25(23)34)28(30)37/h3-9,11,13,16,22-23,25,32-34,38H,10H2,1-2H3,(H2,30,37)/t13-,16-,22?,23-,25?,29-/m1/s1. The van der Waals surface area contributed by atoms with Crippen molar-refractivity contribution in [3.63, 3.8) is 0 Å². The van der Waals surface area contributed by atoms with Crippen molar-refractivity contribution in [2.75, 3.05) is 14.1 Å². The maximum Gasteiger partial charge on any atom is 0.230 e. The smallest absolute Gasteiger partial charge is 0.230 e. The molecule has 39 heavy (non-hydrogen) atoms. The number of aliphatic hydroxyl groups excluding tert-OH is 2. The Hall–Kier alpha value is -3.57. The van der Waals surface area contributed by atoms with Crippen molar-refractivity contribution in [1.29, 1.82) is 0 Å². The maximum atomic E-state index is 13.9. The van der Waals surface area contributed by atoms with E-state index < -0.39 is 58.7 Å². The summed E-state index contributed by atoms with van der Waals surface area (Å²) < 4.78 is 1.07. The highest BCUT2D eigenvalue weighted by molar-refractivity contribution is 7.22. The van der Waals surface area contributed by atoms with Gasteiger partial charge in [-0.25, -0.2) is 0 Å². The Labute approximate surface area is 227 Å². The van der Waals surface area contributed by atoms with Gasteiger partial charge >= 0.3 is 0 Å². The third kappa shape index (κ3) is 3.45. The zero-order chi connectivity index (χ0) is 28.0. The molecular weight excluding hydrogens is 520 g/mol. The SMILES string of the molecule is CN(C)[C@H]1C(O)C(C(N)=O)C(=O)[C@]2(O)C(=O)C3=C(O)c4c(O)ccc(-c5cc6ccccc6s5)c4[CH][C@@H]3C[C@H]12. The fraction of sp³-hybridized carbons (Fsp3) is 0.310. The predicted octanol–water partition coefficient (Wildman–Crippen LogP) is 2.02. The quantitative estimate of drug-likeness (QED) is 0.311. The number of aromatic hydroxyl groups is 1. The number of hydrogen-bond acceptors (Lipinski definition) is 9. The Kier molecular flexibility index (Phi) is 5.74. The van der Waals surface area contributed by atoms with Crippen LogP contribution in [0.2, 0.25) is 0 Å². The monoisotopic (exact) mass is 547 g/mol. The number of phenolic OH excluding ortho intramolecular Hbond substituents is 1. The Morgan fingerprint density at radius 3 is 2.51 bits per heavy atom. The number of nitrogens with two attached hydrogens (primary N) is 1. The van der Waals surface area contributed by atoms with Crippen LogP contribution in [0.25, 0.3) is 26.3 Å². The van der Waals surface area contributed by atoms with Crippen LogP contribution in [-0.4, -0.2) is 74.6 Å². The molecule has 0 bridgehead atoms. The van der Waals surface area contributed by atoms with Gasteiger partial charge < -0.3 is 31.1 Å². The lowest BCUT2D eigenvalue weighted by Gasteiger charge is -2.53. The second-order valence-electron chi connectivity index (χ2n) is 10.7. The van der Waals surface area contributed by atoms with Gasteiger partial charge in [0.15, 0.2) is 11.4 Å². The van der Waals surface area contributed by atoms with E-state index in [9.17, 15) is 34.8 Å². The Balaban J connectivity index is 1.53. The van der Waals surface area contributed by atoms with Crippen molar-refractivity contribution in [1.82, 2.24) is 4.90 Å². The van der Waals surface area contributed by atoms with Crippen LogP contribution in [0.15, 0.2) is 48.0 Å². The fourth-order valence-corrected chi connectivity index (χ4v) is 7.81. The average molecular weight is 548 g/mol. The molecule has 0 saturated heterocycles. The number of thiophene rings is 1. The van der Waals surface area contributed by atoms with Gasteiger partial charge in [0.25, 0.3) is 0 Å². The van der Waals surface area contributed by atoms with Crippen LogP contribution in [0.3, 0.4) is 0 Å². The van der Waals surface area contributed by atoms with Crippen LogP contribution >= 0.6 is 11.3 Å². The van der Waals surface area contributed by atoms with E-state index in [4.69, 9.17) is 5.73 Å². The molecule has 2 saturated carbocycles. The number of hydrogen-bond donors (Lipinski definition) is 5. The fourth-order valence-electron chi connectivity index (χ4n) is 6.71. The highest BCUT2D eigenvalue weighted by atomic mass is 32.1. The normalized spacial score (nSPS) is 30.3. The number of aliphatic hydroxyl groups is 3. The van der Waals surface area contributed by atoms with Crippen LogP contribution in [0.1, 0.15) is 17.5 Å². The summed E-state index contributed by atoms with van der Waals surface area (Å²) in [5.41, 5.74) is 3.84. The van der Waals surface area contributed by atoms with Gasteiger partial charge in [-0.05, 0) is 67.2 Å². The Bertz CT molecular complexity index is 1580. The molecule has 1 amide bonds. The molecule has 1 aromatic heterocycles. The summed E-state index contributed by atoms with van der Waals surface area (Å²) in [5, 5.41) is 45.9. The van der Waals surface area contributed by atoms with Crippen LogP contribution in [0, 0.1) is 24.2 Å². The molecule has 0 aliphatic heterocycles. The minimum Gasteiger partial charge on any atom is -0.507 e. The van der Waals surface area contributed by atoms with Crippen LogP contribution in [-0.2, 0) is 14.4 Å². The second-order valence-corrected chi connectivity index (χ2v) is 11.8. The first kappa shape index (κ1) is 25.7. The molecule has 2 unspecified atom stereocenters. The number of phenols is 1. The highest BCUT2D eigenvalue weighted by Gasteiger charge is 2.67. The molecule has 3 aromatic rings. The summed E-state index contributed by atoms with van der Waals surface area (Å²) in [7, 11) is 3.24. The van der Waals surface area contributed by atoms with Gasteiger partial charge in [-0.1, -0.05) is 18.2 Å². The number of benzene rings is 2. The summed E-state index contributed by atoms with van der Waals surface area (Å²) in [5.74, 6) is -7.76. The first-order chi connectivity index (χ1) is 18.5. The summed E-state index contributed by atoms with van der Waals surface area (Å²) in [6.07, 6.45) is 0.265. The van der Waals surface area contributed by atoms with E-state index in [1.54, 1.807) is 42.8 Å². The molecule has 3 aliphatic rings. The number of amides is 1. The van der Waals surface area contributed by atoms with Crippen molar-refractivity contribution in [2.45, 2.75) is 24.2 Å². The molecule has 6 N–H and O–H groups in total. The van der Waals surface area contributed by atoms with Gasteiger partial charge in [-0.15, -0.1) is 11.3 Å². The summed E-state index contributed by atoms with van der Waals surface area (Å²) in [6, 6.07) is 12.1. The number of nitrogens with zero attached hydrogens (tertiary/aromatic N) is 1. The first-order valence-electron chi connectivity index (χ1n) is 12.5. The van der Waals surface area contributed by atoms with Crippen LogP contribution in [0.5, 0.6) is 5.75 Å². The molecule has 1 heterocycles. The zero-order valence-electron chi connectivity index (χ0n) is 21.2. The lowest BCUT2D eigenvalue weighted by atomic mass is 9.54. The largest absolute Gasteiger partial charge is 0.507 e. The molecule has 3 aliphatic carbocycles. The van der Waals surface area contributed by atoms with Crippen molar-refractivity contribution in [3.8, 4) is 16.2 Å². The molecule has 201 valence electrons. The van der Waals surface area contributed by atoms with Crippen molar-refractivity contribution in [2.24, 2.45) is 23.5 Å². The van der Waals surface area contributed by atoms with E-state index in [2.05, 4.69) is 0 Å². The van der Waals surface area contributed by atoms with Gasteiger partial charge in [0.05, 0.1) is 11.7 Å². The van der Waals surface area contributed by atoms with Gasteiger partial charge in [0.1, 0.15) is 17.4 Å². The topological polar surface area (TPSA) is 161 Å². The molecule has 6 atom stereocenters. The van der Waals surface area contributed by atoms with E-state index in [0.29, 0.717) is 5.56 Å². The Morgan fingerprint density at radius 2 is 1.85 bits per heavy atom. The highest BCUT2D eigenvalue weighted by Crippen LogP contribution is 2.54. The number of carbonyl (C=O) groups excluding carboxylic acids is 3. The average Bonchev–Trinajstić information content (AvgIpc) is 3.30. The summed E-state index contributed by atoms with van der Waals surface area (Å²) >= 11 is 1.55. The van der Waals surface area contributed by atoms with E-state index in [0.717, 1.165) is 20.5 Å². The number of carbonyl (C=O) groups is 3. The van der Waals surface area contributed by atoms with Crippen LogP contribution in [0.4, 0.5) is 0 Å². The minimum atomic E-state index is -2.68. The number of ketones is 2. The molecular formula is C29H27N2O7S. The molecule has 10 heteroatoms. The van der Waals surface area contributed by atoms with Crippen LogP contribution < -0.4 is 5.73 Å². The third-order valence-corrected chi connectivity index (χ3v) is 9.59. The summed E-state index contributed by atoms with van der Waals surface area (Å²) in [6.45, 7) is 0. The van der Waals surface area contributed by atoms with E-state index in [-0.39, 0.29) is 23.3 Å². The van der Waals surface area contributed by atoms with E-state index in [1.165, 1.54) is 6.07 Å². The molecule has 6 rings (SSSR count). The number of Topliss-reactive ketones (excluding diaryl/α,β-unsaturated/α-hetero) is 2. The van der Waals surface area contributed by atoms with Crippen molar-refractivity contribution >= 4 is 44.7 Å². The first-order valence-corrected chi connectivity index (χ1v) is 13.4. The molecule has 9 nitrogen and oxygen atoms in total. The van der Waals surface area contributed by atoms with Crippen molar-refractivity contribution in [3.05, 3.63) is 65.6 Å². The van der Waals surface area contributed by atoms with Gasteiger partial charge in [0, 0.05) is 33.5 Å². The molecule has 0 spiro atoms. The van der Waals surface area contributed by atoms with E-state index in [1.807, 2.05) is 30.3 Å².